The van der Waals surface area contributed by atoms with Crippen molar-refractivity contribution in [2.24, 2.45) is 0 Å². The summed E-state index contributed by atoms with van der Waals surface area (Å²) in [4.78, 5) is 2.17. The van der Waals surface area contributed by atoms with Crippen LogP contribution >= 0.6 is 0 Å². The third-order valence-corrected chi connectivity index (χ3v) is 4.67. The second-order valence-electron chi connectivity index (χ2n) is 6.00. The number of methoxy groups -OCH3 is 1. The van der Waals surface area contributed by atoms with Crippen molar-refractivity contribution >= 4 is 6.01 Å². The smallest absolute Gasteiger partial charge is 0.318 e. The van der Waals surface area contributed by atoms with E-state index in [4.69, 9.17) is 13.9 Å². The Kier molecular flexibility index (Phi) is 4.45. The molecule has 3 rings (SSSR count). The van der Waals surface area contributed by atoms with Crippen LogP contribution in [0.3, 0.4) is 0 Å². The van der Waals surface area contributed by atoms with Crippen molar-refractivity contribution in [3.8, 4) is 0 Å². The summed E-state index contributed by atoms with van der Waals surface area (Å²) in [5.74, 6) is 0.733. The fourth-order valence-electron chi connectivity index (χ4n) is 3.46. The van der Waals surface area contributed by atoms with Gasteiger partial charge in [0.1, 0.15) is 0 Å². The largest absolute Gasteiger partial charge is 0.408 e. The average molecular weight is 295 g/mol. The molecular formula is C15H25N3O3. The quantitative estimate of drug-likeness (QED) is 0.848. The van der Waals surface area contributed by atoms with Crippen LogP contribution in [0.4, 0.5) is 6.01 Å². The van der Waals surface area contributed by atoms with Crippen LogP contribution in [-0.4, -0.2) is 48.7 Å². The maximum atomic E-state index is 6.12. The number of anilines is 1. The Labute approximate surface area is 125 Å². The Morgan fingerprint density at radius 1 is 1.33 bits per heavy atom. The van der Waals surface area contributed by atoms with E-state index in [1.807, 2.05) is 0 Å². The Bertz CT molecular complexity index is 455. The standard InChI is InChI=1S/C15H25N3O3/c1-3-5-13-16-17-14(21-13)18-9-7-15(8-10-18)12(19-2)6-4-11-20-15/h12H,3-11H2,1-2H3/t12-/m1/s1. The Morgan fingerprint density at radius 2 is 2.14 bits per heavy atom. The summed E-state index contributed by atoms with van der Waals surface area (Å²) >= 11 is 0. The van der Waals surface area contributed by atoms with Crippen molar-refractivity contribution in [2.75, 3.05) is 31.7 Å². The molecule has 21 heavy (non-hydrogen) atoms. The molecule has 2 fully saturated rings. The second kappa shape index (κ2) is 6.32. The van der Waals surface area contributed by atoms with E-state index in [2.05, 4.69) is 22.0 Å². The van der Waals surface area contributed by atoms with Gasteiger partial charge >= 0.3 is 6.01 Å². The molecule has 1 atom stereocenters. The van der Waals surface area contributed by atoms with Gasteiger partial charge in [-0.05, 0) is 32.1 Å². The van der Waals surface area contributed by atoms with Crippen molar-refractivity contribution in [1.29, 1.82) is 0 Å². The third kappa shape index (κ3) is 2.92. The van der Waals surface area contributed by atoms with Gasteiger partial charge in [-0.2, -0.15) is 0 Å². The lowest BCUT2D eigenvalue weighted by Gasteiger charge is -2.47. The van der Waals surface area contributed by atoms with Crippen molar-refractivity contribution in [2.45, 2.75) is 57.2 Å². The van der Waals surface area contributed by atoms with Crippen molar-refractivity contribution in [1.82, 2.24) is 10.2 Å². The van der Waals surface area contributed by atoms with Gasteiger partial charge in [0.05, 0.1) is 11.7 Å². The zero-order valence-electron chi connectivity index (χ0n) is 13.0. The third-order valence-electron chi connectivity index (χ3n) is 4.67. The van der Waals surface area contributed by atoms with E-state index in [9.17, 15) is 0 Å². The molecule has 0 N–H and O–H groups in total. The zero-order valence-corrected chi connectivity index (χ0v) is 13.0. The van der Waals surface area contributed by atoms with Crippen LogP contribution < -0.4 is 4.90 Å². The minimum Gasteiger partial charge on any atom is -0.408 e. The van der Waals surface area contributed by atoms with E-state index >= 15 is 0 Å². The van der Waals surface area contributed by atoms with Gasteiger partial charge in [-0.3, -0.25) is 0 Å². The summed E-state index contributed by atoms with van der Waals surface area (Å²) in [5, 5.41) is 8.27. The lowest BCUT2D eigenvalue weighted by Crippen LogP contribution is -2.56. The highest BCUT2D eigenvalue weighted by atomic mass is 16.5. The van der Waals surface area contributed by atoms with Crippen molar-refractivity contribution in [3.63, 3.8) is 0 Å². The second-order valence-corrected chi connectivity index (χ2v) is 6.00. The zero-order chi connectivity index (χ0) is 14.7. The first kappa shape index (κ1) is 14.8. The Balaban J connectivity index is 1.63. The molecule has 6 nitrogen and oxygen atoms in total. The molecule has 0 aliphatic carbocycles. The molecule has 6 heteroatoms. The van der Waals surface area contributed by atoms with Crippen LogP contribution in [0.25, 0.3) is 0 Å². The molecule has 0 unspecified atom stereocenters. The molecule has 1 aromatic rings. The van der Waals surface area contributed by atoms with Gasteiger partial charge < -0.3 is 18.8 Å². The molecule has 1 spiro atoms. The fraction of sp³-hybridized carbons (Fsp3) is 0.867. The number of aryl methyl sites for hydroxylation is 1. The predicted octanol–water partition coefficient (Wildman–Crippen LogP) is 2.19. The molecule has 3 heterocycles. The number of hydrogen-bond donors (Lipinski definition) is 0. The first-order valence-electron chi connectivity index (χ1n) is 8.01. The molecule has 2 aliphatic heterocycles. The normalized spacial score (nSPS) is 25.4. The summed E-state index contributed by atoms with van der Waals surface area (Å²) in [6, 6.07) is 0.651. The maximum absolute atomic E-state index is 6.12. The number of nitrogens with zero attached hydrogens (tertiary/aromatic N) is 3. The van der Waals surface area contributed by atoms with Crippen LogP contribution in [0, 0.1) is 0 Å². The summed E-state index contributed by atoms with van der Waals surface area (Å²) < 4.78 is 17.5. The number of hydrogen-bond acceptors (Lipinski definition) is 6. The van der Waals surface area contributed by atoms with Gasteiger partial charge in [-0.1, -0.05) is 12.0 Å². The molecule has 118 valence electrons. The molecule has 0 saturated carbocycles. The summed E-state index contributed by atoms with van der Waals surface area (Å²) in [6.45, 7) is 4.72. The van der Waals surface area contributed by atoms with Crippen molar-refractivity contribution < 1.29 is 13.9 Å². The fourth-order valence-corrected chi connectivity index (χ4v) is 3.46. The van der Waals surface area contributed by atoms with E-state index in [1.54, 1.807) is 7.11 Å². The van der Waals surface area contributed by atoms with Gasteiger partial charge in [0.2, 0.25) is 5.89 Å². The van der Waals surface area contributed by atoms with Crippen LogP contribution in [-0.2, 0) is 15.9 Å². The van der Waals surface area contributed by atoms with E-state index < -0.39 is 0 Å². The van der Waals surface area contributed by atoms with E-state index in [-0.39, 0.29) is 11.7 Å². The van der Waals surface area contributed by atoms with Gasteiger partial charge in [0.25, 0.3) is 0 Å². The first-order chi connectivity index (χ1) is 10.3. The highest BCUT2D eigenvalue weighted by molar-refractivity contribution is 5.26. The lowest BCUT2D eigenvalue weighted by molar-refractivity contribution is -0.175. The van der Waals surface area contributed by atoms with Crippen LogP contribution in [0.15, 0.2) is 4.42 Å². The number of piperidine rings is 1. The minimum absolute atomic E-state index is 0.115. The van der Waals surface area contributed by atoms with Gasteiger partial charge in [-0.25, -0.2) is 0 Å². The lowest BCUT2D eigenvalue weighted by atomic mass is 9.82. The summed E-state index contributed by atoms with van der Waals surface area (Å²) in [6.07, 6.45) is 6.18. The molecule has 0 aromatic carbocycles. The summed E-state index contributed by atoms with van der Waals surface area (Å²) in [7, 11) is 1.79. The molecule has 2 aliphatic rings. The van der Waals surface area contributed by atoms with Crippen molar-refractivity contribution in [3.05, 3.63) is 5.89 Å². The van der Waals surface area contributed by atoms with Crippen LogP contribution in [0.1, 0.15) is 44.9 Å². The molecule has 0 radical (unpaired) electrons. The van der Waals surface area contributed by atoms with Crippen LogP contribution in [0.2, 0.25) is 0 Å². The Hall–Kier alpha value is -1.14. The molecular weight excluding hydrogens is 270 g/mol. The number of rotatable bonds is 4. The van der Waals surface area contributed by atoms with Gasteiger partial charge in [0.15, 0.2) is 0 Å². The molecule has 0 bridgehead atoms. The summed E-state index contributed by atoms with van der Waals surface area (Å²) in [5.41, 5.74) is -0.115. The van der Waals surface area contributed by atoms with E-state index in [1.165, 1.54) is 0 Å². The van der Waals surface area contributed by atoms with Gasteiger partial charge in [-0.15, -0.1) is 5.10 Å². The average Bonchev–Trinajstić information content (AvgIpc) is 2.98. The van der Waals surface area contributed by atoms with E-state index in [0.29, 0.717) is 6.01 Å². The maximum Gasteiger partial charge on any atom is 0.318 e. The number of ether oxygens (including phenoxy) is 2. The molecule has 0 amide bonds. The molecule has 2 saturated heterocycles. The predicted molar refractivity (Wildman–Crippen MR) is 78.5 cm³/mol. The molecule has 1 aromatic heterocycles. The van der Waals surface area contributed by atoms with E-state index in [0.717, 1.165) is 64.1 Å². The van der Waals surface area contributed by atoms with Gasteiger partial charge in [0, 0.05) is 33.2 Å². The highest BCUT2D eigenvalue weighted by Gasteiger charge is 2.45. The topological polar surface area (TPSA) is 60.6 Å². The number of aromatic nitrogens is 2. The SMILES string of the molecule is CCCc1nnc(N2CCC3(CC2)OCCC[C@H]3OC)o1. The highest BCUT2D eigenvalue weighted by Crippen LogP contribution is 2.37. The first-order valence-corrected chi connectivity index (χ1v) is 8.01. The monoisotopic (exact) mass is 295 g/mol. The Morgan fingerprint density at radius 3 is 2.86 bits per heavy atom. The minimum atomic E-state index is -0.115. The van der Waals surface area contributed by atoms with Crippen LogP contribution in [0.5, 0.6) is 0 Å².